The Labute approximate surface area is 195 Å². The van der Waals surface area contributed by atoms with E-state index in [1.807, 2.05) is 42.5 Å². The van der Waals surface area contributed by atoms with Gasteiger partial charge in [0.15, 0.2) is 0 Å². The van der Waals surface area contributed by atoms with E-state index in [0.29, 0.717) is 13.2 Å². The first-order valence-corrected chi connectivity index (χ1v) is 11.6. The Balaban J connectivity index is 1.21. The van der Waals surface area contributed by atoms with Crippen LogP contribution in [0.15, 0.2) is 72.8 Å². The van der Waals surface area contributed by atoms with Crippen LogP contribution in [-0.2, 0) is 0 Å². The number of rotatable bonds is 14. The molecule has 0 atom stereocenters. The smallest absolute Gasteiger partial charge is 0.335 e. The summed E-state index contributed by atoms with van der Waals surface area (Å²) in [5, 5.41) is 18.4. The topological polar surface area (TPSA) is 76.0 Å². The van der Waals surface area contributed by atoms with Gasteiger partial charge in [-0.05, 0) is 60.4 Å². The molecule has 0 unspecified atom stereocenters. The monoisotopic (exact) mass is 448 g/mol. The van der Waals surface area contributed by atoms with Gasteiger partial charge in [0.25, 0.3) is 0 Å². The van der Waals surface area contributed by atoms with E-state index >= 15 is 0 Å². The third-order valence-corrected chi connectivity index (χ3v) is 5.46. The average Bonchev–Trinajstić information content (AvgIpc) is 2.83. The molecule has 0 aliphatic carbocycles. The zero-order valence-electron chi connectivity index (χ0n) is 18.9. The summed E-state index contributed by atoms with van der Waals surface area (Å²) >= 11 is 0. The summed E-state index contributed by atoms with van der Waals surface area (Å²) in [6.07, 6.45) is 8.02. The highest BCUT2D eigenvalue weighted by Crippen LogP contribution is 2.23. The van der Waals surface area contributed by atoms with Crippen LogP contribution in [0.3, 0.4) is 0 Å². The van der Waals surface area contributed by atoms with Crippen molar-refractivity contribution in [2.24, 2.45) is 0 Å². The zero-order valence-corrected chi connectivity index (χ0v) is 18.9. The highest BCUT2D eigenvalue weighted by atomic mass is 16.5. The first kappa shape index (κ1) is 24.2. The molecule has 0 heterocycles. The molecule has 0 saturated carbocycles. The number of ether oxygens (including phenoxy) is 2. The fourth-order valence-electron chi connectivity index (χ4n) is 3.59. The zero-order chi connectivity index (χ0) is 23.3. The van der Waals surface area contributed by atoms with Crippen molar-refractivity contribution in [3.8, 4) is 28.4 Å². The van der Waals surface area contributed by atoms with Gasteiger partial charge in [0, 0.05) is 6.07 Å². The fraction of sp³-hybridized carbons (Fsp3) is 0.321. The molecule has 5 heteroatoms. The lowest BCUT2D eigenvalue weighted by Gasteiger charge is -2.08. The lowest BCUT2D eigenvalue weighted by Crippen LogP contribution is -1.98. The molecule has 0 aliphatic heterocycles. The fourth-order valence-corrected chi connectivity index (χ4v) is 3.59. The van der Waals surface area contributed by atoms with Crippen LogP contribution < -0.4 is 9.47 Å². The van der Waals surface area contributed by atoms with Crippen molar-refractivity contribution in [3.63, 3.8) is 0 Å². The van der Waals surface area contributed by atoms with Crippen molar-refractivity contribution >= 4 is 5.97 Å². The maximum Gasteiger partial charge on any atom is 0.335 e. The van der Waals surface area contributed by atoms with Gasteiger partial charge in [-0.3, -0.25) is 0 Å². The second kappa shape index (κ2) is 13.2. The molecule has 0 saturated heterocycles. The summed E-state index contributed by atoms with van der Waals surface area (Å²) in [4.78, 5) is 11.0. The minimum absolute atomic E-state index is 0.235. The number of carboxylic acids is 1. The van der Waals surface area contributed by atoms with E-state index in [4.69, 9.17) is 14.6 Å². The lowest BCUT2D eigenvalue weighted by molar-refractivity contribution is 0.0697. The molecule has 5 nitrogen and oxygen atoms in total. The third kappa shape index (κ3) is 8.53. The molecule has 0 aromatic heterocycles. The number of carboxylic acid groups (broad SMARTS) is 1. The normalized spacial score (nSPS) is 10.7. The number of benzene rings is 3. The van der Waals surface area contributed by atoms with Crippen LogP contribution in [0.5, 0.6) is 17.2 Å². The highest BCUT2D eigenvalue weighted by Gasteiger charge is 2.04. The molecular weight excluding hydrogens is 416 g/mol. The molecule has 0 amide bonds. The van der Waals surface area contributed by atoms with Gasteiger partial charge in [0.05, 0.1) is 18.8 Å². The minimum atomic E-state index is -0.915. The maximum atomic E-state index is 11.0. The molecule has 33 heavy (non-hydrogen) atoms. The summed E-state index contributed by atoms with van der Waals surface area (Å²) in [6.45, 7) is 1.40. The summed E-state index contributed by atoms with van der Waals surface area (Å²) in [5.74, 6) is 0.895. The van der Waals surface area contributed by atoms with Gasteiger partial charge in [-0.2, -0.15) is 0 Å². The molecule has 2 N–H and O–H groups in total. The van der Waals surface area contributed by atoms with Gasteiger partial charge in [0.1, 0.15) is 17.2 Å². The average molecular weight is 449 g/mol. The van der Waals surface area contributed by atoms with Crippen LogP contribution in [0.1, 0.15) is 55.3 Å². The predicted molar refractivity (Wildman–Crippen MR) is 130 cm³/mol. The Kier molecular flexibility index (Phi) is 9.64. The SMILES string of the molecule is O=C(O)c1ccc(-c2ccc(OCCCCCCCCCOc3cccc(O)c3)cc2)cc1. The van der Waals surface area contributed by atoms with Gasteiger partial charge < -0.3 is 19.7 Å². The van der Waals surface area contributed by atoms with Gasteiger partial charge in [-0.15, -0.1) is 0 Å². The first-order valence-electron chi connectivity index (χ1n) is 11.6. The van der Waals surface area contributed by atoms with E-state index in [0.717, 1.165) is 48.3 Å². The second-order valence-corrected chi connectivity index (χ2v) is 8.08. The van der Waals surface area contributed by atoms with Gasteiger partial charge >= 0.3 is 5.97 Å². The molecule has 0 fully saturated rings. The minimum Gasteiger partial charge on any atom is -0.508 e. The largest absolute Gasteiger partial charge is 0.508 e. The Morgan fingerprint density at radius 3 is 1.70 bits per heavy atom. The number of phenols is 1. The second-order valence-electron chi connectivity index (χ2n) is 8.08. The van der Waals surface area contributed by atoms with Crippen molar-refractivity contribution in [3.05, 3.63) is 78.4 Å². The highest BCUT2D eigenvalue weighted by molar-refractivity contribution is 5.88. The molecule has 0 spiro atoms. The molecular formula is C28H32O5. The number of hydrogen-bond acceptors (Lipinski definition) is 4. The number of unbranched alkanes of at least 4 members (excludes halogenated alkanes) is 6. The van der Waals surface area contributed by atoms with Crippen LogP contribution in [0.2, 0.25) is 0 Å². The van der Waals surface area contributed by atoms with Crippen molar-refractivity contribution in [2.45, 2.75) is 44.9 Å². The number of aromatic carboxylic acids is 1. The molecule has 3 aromatic rings. The van der Waals surface area contributed by atoms with Gasteiger partial charge in [-0.25, -0.2) is 4.79 Å². The molecule has 174 valence electrons. The van der Waals surface area contributed by atoms with E-state index in [-0.39, 0.29) is 11.3 Å². The van der Waals surface area contributed by atoms with Crippen molar-refractivity contribution in [1.29, 1.82) is 0 Å². The quantitative estimate of drug-likeness (QED) is 0.261. The molecule has 3 aromatic carbocycles. The molecule has 0 bridgehead atoms. The van der Waals surface area contributed by atoms with E-state index < -0.39 is 5.97 Å². The number of hydrogen-bond donors (Lipinski definition) is 2. The number of carbonyl (C=O) groups is 1. The van der Waals surface area contributed by atoms with Crippen LogP contribution in [0.25, 0.3) is 11.1 Å². The molecule has 3 rings (SSSR count). The van der Waals surface area contributed by atoms with E-state index in [9.17, 15) is 9.90 Å². The Morgan fingerprint density at radius 2 is 1.15 bits per heavy atom. The summed E-state index contributed by atoms with van der Waals surface area (Å²) in [5.41, 5.74) is 2.31. The van der Waals surface area contributed by atoms with Crippen LogP contribution in [0, 0.1) is 0 Å². The van der Waals surface area contributed by atoms with E-state index in [1.165, 1.54) is 19.3 Å². The molecule has 0 aliphatic rings. The van der Waals surface area contributed by atoms with Crippen molar-refractivity contribution in [2.75, 3.05) is 13.2 Å². The first-order chi connectivity index (χ1) is 16.1. The number of aromatic hydroxyl groups is 1. The Morgan fingerprint density at radius 1 is 0.636 bits per heavy atom. The van der Waals surface area contributed by atoms with Crippen molar-refractivity contribution < 1.29 is 24.5 Å². The lowest BCUT2D eigenvalue weighted by atomic mass is 10.0. The maximum absolute atomic E-state index is 11.0. The summed E-state index contributed by atoms with van der Waals surface area (Å²) in [7, 11) is 0. The summed E-state index contributed by atoms with van der Waals surface area (Å²) in [6, 6.07) is 21.7. The van der Waals surface area contributed by atoms with Gasteiger partial charge in [-0.1, -0.05) is 62.4 Å². The van der Waals surface area contributed by atoms with Crippen LogP contribution in [-0.4, -0.2) is 29.4 Å². The summed E-state index contributed by atoms with van der Waals surface area (Å²) < 4.78 is 11.5. The van der Waals surface area contributed by atoms with E-state index in [1.54, 1.807) is 30.3 Å². The van der Waals surface area contributed by atoms with Crippen molar-refractivity contribution in [1.82, 2.24) is 0 Å². The Hall–Kier alpha value is -3.47. The number of phenolic OH excluding ortho intramolecular Hbond substituents is 1. The predicted octanol–water partition coefficient (Wildman–Crippen LogP) is 6.95. The van der Waals surface area contributed by atoms with Gasteiger partial charge in [0.2, 0.25) is 0 Å². The Bertz CT molecular complexity index is 980. The standard InChI is InChI=1S/C28H32O5/c29-25-9-8-10-27(21-25)33-20-7-5-3-1-2-4-6-19-32-26-17-15-23(16-18-26)22-11-13-24(14-12-22)28(30)31/h8-18,21,29H,1-7,19-20H2,(H,30,31). The molecule has 0 radical (unpaired) electrons. The van der Waals surface area contributed by atoms with E-state index in [2.05, 4.69) is 0 Å². The van der Waals surface area contributed by atoms with Crippen LogP contribution in [0.4, 0.5) is 0 Å². The van der Waals surface area contributed by atoms with Crippen LogP contribution >= 0.6 is 0 Å². The third-order valence-electron chi connectivity index (χ3n) is 5.46.